The Balaban J connectivity index is 1.78. The number of hydrogen-bond donors (Lipinski definition) is 2. The predicted molar refractivity (Wildman–Crippen MR) is 156 cm³/mol. The molecule has 1 saturated heterocycles. The first kappa shape index (κ1) is 30.3. The van der Waals surface area contributed by atoms with Crippen LogP contribution in [-0.4, -0.2) is 60.8 Å². The summed E-state index contributed by atoms with van der Waals surface area (Å²) in [6.45, 7) is 14.4. The van der Waals surface area contributed by atoms with Gasteiger partial charge in [-0.2, -0.15) is 0 Å². The zero-order valence-electron chi connectivity index (χ0n) is 23.6. The molecule has 2 N–H and O–H groups in total. The van der Waals surface area contributed by atoms with E-state index in [1.165, 1.54) is 0 Å². The minimum Gasteiger partial charge on any atom is -0.445 e. The Morgan fingerprint density at radius 3 is 2.48 bits per heavy atom. The van der Waals surface area contributed by atoms with Crippen molar-refractivity contribution in [3.63, 3.8) is 0 Å². The van der Waals surface area contributed by atoms with Crippen LogP contribution in [0.3, 0.4) is 0 Å². The number of benzene rings is 2. The highest BCUT2D eigenvalue weighted by atomic mass is 16.6. The highest BCUT2D eigenvalue weighted by Crippen LogP contribution is 2.27. The number of nitrogens with zero attached hydrogens (tertiary/aromatic N) is 2. The maximum absolute atomic E-state index is 13.2. The molecular weight excluding hydrogens is 508 g/mol. The smallest absolute Gasteiger partial charge is 0.410 e. The Morgan fingerprint density at radius 2 is 1.80 bits per heavy atom. The van der Waals surface area contributed by atoms with E-state index >= 15 is 0 Å². The molecule has 2 atom stereocenters. The molecule has 0 saturated carbocycles. The van der Waals surface area contributed by atoms with Gasteiger partial charge < -0.3 is 29.9 Å². The first-order valence-electron chi connectivity index (χ1n) is 13.4. The highest BCUT2D eigenvalue weighted by Gasteiger charge is 2.36. The number of piperazine rings is 1. The van der Waals surface area contributed by atoms with Crippen molar-refractivity contribution in [3.05, 3.63) is 91.0 Å². The van der Waals surface area contributed by atoms with Crippen LogP contribution in [0.1, 0.15) is 44.4 Å². The fourth-order valence-corrected chi connectivity index (χ4v) is 4.37. The number of nitrogens with one attached hydrogen (secondary N) is 2. The Kier molecular flexibility index (Phi) is 10.8. The quantitative estimate of drug-likeness (QED) is 0.407. The minimum absolute atomic E-state index is 0.164. The summed E-state index contributed by atoms with van der Waals surface area (Å²) >= 11 is 0. The summed E-state index contributed by atoms with van der Waals surface area (Å²) in [7, 11) is 0. The zero-order chi connectivity index (χ0) is 29.1. The molecule has 1 aliphatic rings. The van der Waals surface area contributed by atoms with Crippen LogP contribution in [-0.2, 0) is 20.9 Å². The second-order valence-corrected chi connectivity index (χ2v) is 10.5. The van der Waals surface area contributed by atoms with Crippen LogP contribution in [0.4, 0.5) is 15.3 Å². The molecule has 0 spiro atoms. The van der Waals surface area contributed by atoms with Gasteiger partial charge in [0.25, 0.3) is 0 Å². The summed E-state index contributed by atoms with van der Waals surface area (Å²) in [6, 6.07) is 16.1. The van der Waals surface area contributed by atoms with Crippen molar-refractivity contribution in [1.82, 2.24) is 15.5 Å². The summed E-state index contributed by atoms with van der Waals surface area (Å²) in [6.07, 6.45) is 2.85. The predicted octanol–water partition coefficient (Wildman–Crippen LogP) is 4.96. The van der Waals surface area contributed by atoms with Gasteiger partial charge in [-0.15, -0.1) is 13.2 Å². The number of alkyl carbamates (subject to hydrolysis) is 1. The lowest BCUT2D eigenvalue weighted by Crippen LogP contribution is -2.60. The molecule has 2 aromatic carbocycles. The van der Waals surface area contributed by atoms with E-state index in [1.54, 1.807) is 17.1 Å². The first-order valence-corrected chi connectivity index (χ1v) is 13.4. The summed E-state index contributed by atoms with van der Waals surface area (Å²) < 4.78 is 11.0. The van der Waals surface area contributed by atoms with E-state index < -0.39 is 23.8 Å². The molecule has 214 valence electrons. The lowest BCUT2D eigenvalue weighted by molar-refractivity contribution is -0.123. The molecule has 3 amide bonds. The summed E-state index contributed by atoms with van der Waals surface area (Å²) in [5.41, 5.74) is 1.90. The molecule has 3 rings (SSSR count). The van der Waals surface area contributed by atoms with Gasteiger partial charge in [0, 0.05) is 25.3 Å². The first-order chi connectivity index (χ1) is 19.1. The normalized spacial score (nSPS) is 15.9. The number of carbonyl (C=O) groups is 3. The SMILES string of the molecule is C=CCNC(=O)C1CN(C(=O)OC(C)(C)C)CCN1c1cccc([C@H](CC=C)NC(=O)OCc2ccccc2)c1. The minimum atomic E-state index is -0.641. The van der Waals surface area contributed by atoms with Crippen LogP contribution >= 0.6 is 0 Å². The number of hydrogen-bond acceptors (Lipinski definition) is 6. The van der Waals surface area contributed by atoms with Gasteiger partial charge >= 0.3 is 12.2 Å². The highest BCUT2D eigenvalue weighted by molar-refractivity contribution is 5.87. The van der Waals surface area contributed by atoms with Crippen molar-refractivity contribution in [2.24, 2.45) is 0 Å². The largest absolute Gasteiger partial charge is 0.445 e. The Bertz CT molecular complexity index is 1180. The number of carbonyl (C=O) groups excluding carboxylic acids is 3. The van der Waals surface area contributed by atoms with Crippen molar-refractivity contribution in [2.75, 3.05) is 31.1 Å². The van der Waals surface area contributed by atoms with Crippen molar-refractivity contribution in [2.45, 2.75) is 51.5 Å². The third-order valence-corrected chi connectivity index (χ3v) is 6.27. The number of ether oxygens (including phenoxy) is 2. The Labute approximate surface area is 236 Å². The summed E-state index contributed by atoms with van der Waals surface area (Å²) in [5.74, 6) is -0.219. The molecular formula is C31H40N4O5. The van der Waals surface area contributed by atoms with Crippen LogP contribution in [0.15, 0.2) is 79.9 Å². The third kappa shape index (κ3) is 8.90. The molecule has 9 heteroatoms. The van der Waals surface area contributed by atoms with Gasteiger partial charge in [-0.1, -0.05) is 54.6 Å². The molecule has 1 fully saturated rings. The second kappa shape index (κ2) is 14.2. The van der Waals surface area contributed by atoms with Gasteiger partial charge in [-0.25, -0.2) is 9.59 Å². The molecule has 0 bridgehead atoms. The topological polar surface area (TPSA) is 100 Å². The van der Waals surface area contributed by atoms with E-state index in [4.69, 9.17) is 9.47 Å². The van der Waals surface area contributed by atoms with E-state index in [0.717, 1.165) is 16.8 Å². The molecule has 1 aliphatic heterocycles. The van der Waals surface area contributed by atoms with Crippen LogP contribution in [0.2, 0.25) is 0 Å². The Hall–Kier alpha value is -4.27. The molecule has 1 heterocycles. The third-order valence-electron chi connectivity index (χ3n) is 6.27. The van der Waals surface area contributed by atoms with Crippen LogP contribution in [0.5, 0.6) is 0 Å². The van der Waals surface area contributed by atoms with E-state index in [0.29, 0.717) is 26.1 Å². The van der Waals surface area contributed by atoms with E-state index in [2.05, 4.69) is 23.8 Å². The monoisotopic (exact) mass is 548 g/mol. The maximum atomic E-state index is 13.2. The molecule has 0 radical (unpaired) electrons. The maximum Gasteiger partial charge on any atom is 0.410 e. The van der Waals surface area contributed by atoms with Crippen LogP contribution in [0.25, 0.3) is 0 Å². The Morgan fingerprint density at radius 1 is 1.05 bits per heavy atom. The average molecular weight is 549 g/mol. The van der Waals surface area contributed by atoms with E-state index in [9.17, 15) is 14.4 Å². The fourth-order valence-electron chi connectivity index (χ4n) is 4.37. The lowest BCUT2D eigenvalue weighted by Gasteiger charge is -2.42. The zero-order valence-corrected chi connectivity index (χ0v) is 23.6. The van der Waals surface area contributed by atoms with E-state index in [-0.39, 0.29) is 25.1 Å². The van der Waals surface area contributed by atoms with Crippen molar-refractivity contribution >= 4 is 23.8 Å². The molecule has 0 aliphatic carbocycles. The molecule has 1 unspecified atom stereocenters. The molecule has 0 aromatic heterocycles. The van der Waals surface area contributed by atoms with Gasteiger partial charge in [-0.05, 0) is 50.5 Å². The lowest BCUT2D eigenvalue weighted by atomic mass is 10.0. The van der Waals surface area contributed by atoms with Crippen molar-refractivity contribution < 1.29 is 23.9 Å². The van der Waals surface area contributed by atoms with Crippen molar-refractivity contribution in [3.8, 4) is 0 Å². The summed E-state index contributed by atoms with van der Waals surface area (Å²) in [4.78, 5) is 42.1. The fraction of sp³-hybridized carbons (Fsp3) is 0.387. The number of rotatable bonds is 10. The van der Waals surface area contributed by atoms with Gasteiger partial charge in [0.2, 0.25) is 5.91 Å². The van der Waals surface area contributed by atoms with Crippen molar-refractivity contribution in [1.29, 1.82) is 0 Å². The molecule has 40 heavy (non-hydrogen) atoms. The average Bonchev–Trinajstić information content (AvgIpc) is 2.94. The number of anilines is 1. The van der Waals surface area contributed by atoms with Gasteiger partial charge in [0.1, 0.15) is 18.2 Å². The number of amides is 3. The van der Waals surface area contributed by atoms with E-state index in [1.807, 2.05) is 80.3 Å². The van der Waals surface area contributed by atoms with Gasteiger partial charge in [0.15, 0.2) is 0 Å². The van der Waals surface area contributed by atoms with Crippen LogP contribution < -0.4 is 15.5 Å². The molecule has 2 aromatic rings. The van der Waals surface area contributed by atoms with Crippen LogP contribution in [0, 0.1) is 0 Å². The molecule has 9 nitrogen and oxygen atoms in total. The second-order valence-electron chi connectivity index (χ2n) is 10.5. The van der Waals surface area contributed by atoms with Gasteiger partial charge in [0.05, 0.1) is 12.6 Å². The summed E-state index contributed by atoms with van der Waals surface area (Å²) in [5, 5.41) is 5.79. The van der Waals surface area contributed by atoms with Gasteiger partial charge in [-0.3, -0.25) is 4.79 Å². The standard InChI is InChI=1S/C31H40N4O5/c1-6-12-26(33-29(37)39-22-23-13-9-8-10-14-23)24-15-11-16-25(20-24)35-19-18-34(30(38)40-31(3,4)5)21-27(35)28(36)32-17-7-2/h6-11,13-16,20,26-27H,1-2,12,17-19,21-22H2,3-5H3,(H,32,36)(H,33,37)/t26-,27?/m0/s1.